The molecule has 0 saturated carbocycles. The molecule has 0 radical (unpaired) electrons. The first kappa shape index (κ1) is 17.2. The van der Waals surface area contributed by atoms with Crippen molar-refractivity contribution in [2.75, 3.05) is 5.32 Å². The summed E-state index contributed by atoms with van der Waals surface area (Å²) in [7, 11) is 1.87. The van der Waals surface area contributed by atoms with Crippen LogP contribution in [-0.2, 0) is 7.05 Å². The molecule has 6 nitrogen and oxygen atoms in total. The second-order valence-electron chi connectivity index (χ2n) is 7.01. The van der Waals surface area contributed by atoms with Crippen molar-refractivity contribution < 1.29 is 4.79 Å². The van der Waals surface area contributed by atoms with Gasteiger partial charge in [0, 0.05) is 25.0 Å². The lowest BCUT2D eigenvalue weighted by atomic mass is 10.1. The lowest BCUT2D eigenvalue weighted by Gasteiger charge is -2.16. The fraction of sp³-hybridized carbons (Fsp3) is 0.0870. The van der Waals surface area contributed by atoms with Crippen LogP contribution in [0.15, 0.2) is 79.3 Å². The van der Waals surface area contributed by atoms with E-state index in [0.717, 1.165) is 33.5 Å². The van der Waals surface area contributed by atoms with Crippen LogP contribution in [0.3, 0.4) is 0 Å². The van der Waals surface area contributed by atoms with Gasteiger partial charge in [0.25, 0.3) is 0 Å². The SMILES string of the molecule is Cn1nccc1-c1cncc(NC(=O)NC2c3ccccc3-c3ccccc32)c1. The molecule has 0 spiro atoms. The summed E-state index contributed by atoms with van der Waals surface area (Å²) in [4.78, 5) is 17.0. The number of hydrogen-bond acceptors (Lipinski definition) is 3. The Labute approximate surface area is 168 Å². The molecule has 2 N–H and O–H groups in total. The molecule has 1 aliphatic rings. The number of amides is 2. The maximum atomic E-state index is 12.8. The summed E-state index contributed by atoms with van der Waals surface area (Å²) in [6, 6.07) is 19.7. The molecular formula is C23H19N5O. The number of carbonyl (C=O) groups excluding carboxylic acids is 1. The molecule has 5 rings (SSSR count). The molecule has 0 fully saturated rings. The second-order valence-corrected chi connectivity index (χ2v) is 7.01. The van der Waals surface area contributed by atoms with Crippen LogP contribution >= 0.6 is 0 Å². The topological polar surface area (TPSA) is 71.8 Å². The van der Waals surface area contributed by atoms with Gasteiger partial charge in [-0.15, -0.1) is 0 Å². The predicted octanol–water partition coefficient (Wildman–Crippen LogP) is 4.37. The Bertz CT molecular complexity index is 1170. The molecule has 142 valence electrons. The maximum Gasteiger partial charge on any atom is 0.320 e. The highest BCUT2D eigenvalue weighted by molar-refractivity contribution is 5.91. The zero-order chi connectivity index (χ0) is 19.8. The fourth-order valence-corrected chi connectivity index (χ4v) is 3.91. The molecule has 2 aromatic carbocycles. The van der Waals surface area contributed by atoms with Gasteiger partial charge in [-0.25, -0.2) is 4.79 Å². The number of rotatable bonds is 3. The normalized spacial score (nSPS) is 12.3. The highest BCUT2D eigenvalue weighted by Gasteiger charge is 2.29. The number of fused-ring (bicyclic) bond motifs is 3. The molecule has 6 heteroatoms. The van der Waals surface area contributed by atoms with E-state index in [1.165, 1.54) is 0 Å². The molecular weight excluding hydrogens is 362 g/mol. The number of urea groups is 1. The van der Waals surface area contributed by atoms with Crippen molar-refractivity contribution in [1.82, 2.24) is 20.1 Å². The van der Waals surface area contributed by atoms with E-state index in [0.29, 0.717) is 5.69 Å². The minimum absolute atomic E-state index is 0.185. The lowest BCUT2D eigenvalue weighted by Crippen LogP contribution is -2.32. The van der Waals surface area contributed by atoms with Gasteiger partial charge in [0.2, 0.25) is 0 Å². The Balaban J connectivity index is 1.39. The van der Waals surface area contributed by atoms with E-state index in [9.17, 15) is 4.79 Å². The summed E-state index contributed by atoms with van der Waals surface area (Å²) < 4.78 is 1.77. The summed E-state index contributed by atoms with van der Waals surface area (Å²) in [5.74, 6) is 0. The minimum atomic E-state index is -0.273. The highest BCUT2D eigenvalue weighted by atomic mass is 16.2. The largest absolute Gasteiger partial charge is 0.327 e. The van der Waals surface area contributed by atoms with Crippen LogP contribution in [0, 0.1) is 0 Å². The molecule has 0 saturated heterocycles. The van der Waals surface area contributed by atoms with Crippen molar-refractivity contribution in [3.63, 3.8) is 0 Å². The van der Waals surface area contributed by atoms with Crippen LogP contribution in [0.2, 0.25) is 0 Å². The van der Waals surface area contributed by atoms with E-state index in [2.05, 4.69) is 45.0 Å². The molecule has 4 aromatic rings. The van der Waals surface area contributed by atoms with E-state index < -0.39 is 0 Å². The number of anilines is 1. The van der Waals surface area contributed by atoms with E-state index >= 15 is 0 Å². The Morgan fingerprint density at radius 3 is 2.31 bits per heavy atom. The first-order chi connectivity index (χ1) is 14.2. The van der Waals surface area contributed by atoms with Gasteiger partial charge in [-0.1, -0.05) is 48.5 Å². The molecule has 29 heavy (non-hydrogen) atoms. The number of nitrogens with one attached hydrogen (secondary N) is 2. The molecule has 1 aliphatic carbocycles. The van der Waals surface area contributed by atoms with E-state index in [1.807, 2.05) is 43.4 Å². The van der Waals surface area contributed by atoms with Crippen LogP contribution in [0.4, 0.5) is 10.5 Å². The smallest absolute Gasteiger partial charge is 0.320 e. The quantitative estimate of drug-likeness (QED) is 0.553. The van der Waals surface area contributed by atoms with Gasteiger partial charge in [-0.2, -0.15) is 5.10 Å². The standard InChI is InChI=1S/C23H19N5O/c1-28-21(10-11-25-28)15-12-16(14-24-13-15)26-23(29)27-22-19-8-4-2-6-17(19)18-7-3-5-9-20(18)22/h2-14,22H,1H3,(H2,26,27,29). The maximum absolute atomic E-state index is 12.8. The molecule has 2 heterocycles. The zero-order valence-corrected chi connectivity index (χ0v) is 15.8. The van der Waals surface area contributed by atoms with Crippen molar-refractivity contribution in [2.24, 2.45) is 7.05 Å². The molecule has 0 bridgehead atoms. The summed E-state index contributed by atoms with van der Waals surface area (Å²) in [5, 5.41) is 10.2. The first-order valence-corrected chi connectivity index (χ1v) is 9.40. The van der Waals surface area contributed by atoms with Crippen molar-refractivity contribution >= 4 is 11.7 Å². The van der Waals surface area contributed by atoms with Gasteiger partial charge in [0.05, 0.1) is 23.6 Å². The Kier molecular flexibility index (Phi) is 4.09. The van der Waals surface area contributed by atoms with Gasteiger partial charge in [-0.3, -0.25) is 9.67 Å². The summed E-state index contributed by atoms with van der Waals surface area (Å²) >= 11 is 0. The summed E-state index contributed by atoms with van der Waals surface area (Å²) in [6.45, 7) is 0. The van der Waals surface area contributed by atoms with E-state index in [1.54, 1.807) is 23.3 Å². The van der Waals surface area contributed by atoms with Gasteiger partial charge in [0.15, 0.2) is 0 Å². The van der Waals surface area contributed by atoms with Gasteiger partial charge >= 0.3 is 6.03 Å². The average molecular weight is 381 g/mol. The predicted molar refractivity (Wildman–Crippen MR) is 112 cm³/mol. The van der Waals surface area contributed by atoms with Gasteiger partial charge in [0.1, 0.15) is 0 Å². The summed E-state index contributed by atoms with van der Waals surface area (Å²) in [5.41, 5.74) is 6.97. The van der Waals surface area contributed by atoms with Gasteiger partial charge in [-0.05, 0) is 34.4 Å². The third-order valence-electron chi connectivity index (χ3n) is 5.22. The number of aryl methyl sites for hydroxylation is 1. The second kappa shape index (κ2) is 6.91. The number of benzene rings is 2. The Hall–Kier alpha value is -3.93. The number of aromatic nitrogens is 3. The first-order valence-electron chi connectivity index (χ1n) is 9.40. The third-order valence-corrected chi connectivity index (χ3v) is 5.22. The molecule has 0 atom stereocenters. The number of nitrogens with zero attached hydrogens (tertiary/aromatic N) is 3. The van der Waals surface area contributed by atoms with Crippen LogP contribution in [0.25, 0.3) is 22.4 Å². The van der Waals surface area contributed by atoms with Crippen LogP contribution in [-0.4, -0.2) is 20.8 Å². The Morgan fingerprint density at radius 1 is 0.966 bits per heavy atom. The molecule has 2 amide bonds. The van der Waals surface area contributed by atoms with E-state index in [-0.39, 0.29) is 12.1 Å². The molecule has 0 aliphatic heterocycles. The average Bonchev–Trinajstić information content (AvgIpc) is 3.30. The zero-order valence-electron chi connectivity index (χ0n) is 15.8. The van der Waals surface area contributed by atoms with Crippen LogP contribution in [0.1, 0.15) is 17.2 Å². The van der Waals surface area contributed by atoms with Crippen molar-refractivity contribution in [3.8, 4) is 22.4 Å². The van der Waals surface area contributed by atoms with Gasteiger partial charge < -0.3 is 10.6 Å². The van der Waals surface area contributed by atoms with Crippen molar-refractivity contribution in [1.29, 1.82) is 0 Å². The molecule has 0 unspecified atom stereocenters. The number of pyridine rings is 1. The van der Waals surface area contributed by atoms with Crippen LogP contribution in [0.5, 0.6) is 0 Å². The fourth-order valence-electron chi connectivity index (χ4n) is 3.91. The Morgan fingerprint density at radius 2 is 1.66 bits per heavy atom. The van der Waals surface area contributed by atoms with Crippen molar-refractivity contribution in [3.05, 3.63) is 90.4 Å². The van der Waals surface area contributed by atoms with E-state index in [4.69, 9.17) is 0 Å². The summed E-state index contributed by atoms with van der Waals surface area (Å²) in [6.07, 6.45) is 5.12. The highest BCUT2D eigenvalue weighted by Crippen LogP contribution is 2.43. The molecule has 2 aromatic heterocycles. The monoisotopic (exact) mass is 381 g/mol. The number of hydrogen-bond donors (Lipinski definition) is 2. The van der Waals surface area contributed by atoms with Crippen LogP contribution < -0.4 is 10.6 Å². The lowest BCUT2D eigenvalue weighted by molar-refractivity contribution is 0.250. The minimum Gasteiger partial charge on any atom is -0.327 e. The number of carbonyl (C=O) groups is 1. The van der Waals surface area contributed by atoms with Crippen molar-refractivity contribution in [2.45, 2.75) is 6.04 Å². The third kappa shape index (κ3) is 3.04.